The van der Waals surface area contributed by atoms with Crippen LogP contribution < -0.4 is 15.8 Å². The van der Waals surface area contributed by atoms with Crippen molar-refractivity contribution in [2.45, 2.75) is 50.9 Å². The number of pyridine rings is 1. The quantitative estimate of drug-likeness (QED) is 0.484. The number of nitrogens with two attached hydrogens (primary N) is 1. The third-order valence-electron chi connectivity index (χ3n) is 6.71. The highest BCUT2D eigenvalue weighted by atomic mass is 19.4. The molecule has 2 aliphatic rings. The summed E-state index contributed by atoms with van der Waals surface area (Å²) in [6, 6.07) is 1.23. The molecule has 4 heterocycles. The van der Waals surface area contributed by atoms with Gasteiger partial charge in [0.2, 0.25) is 5.88 Å². The average molecular weight is 539 g/mol. The highest BCUT2D eigenvalue weighted by Crippen LogP contribution is 2.42. The summed E-state index contributed by atoms with van der Waals surface area (Å²) in [7, 11) is 1.29. The first-order valence-electron chi connectivity index (χ1n) is 11.8. The van der Waals surface area contributed by atoms with Crippen molar-refractivity contribution in [2.24, 2.45) is 5.41 Å². The minimum absolute atomic E-state index is 0.0274. The molecule has 10 nitrogen and oxygen atoms in total. The minimum Gasteiger partial charge on any atom is -0.480 e. The Labute approximate surface area is 214 Å². The Morgan fingerprint density at radius 3 is 2.58 bits per heavy atom. The van der Waals surface area contributed by atoms with Crippen LogP contribution in [0.4, 0.5) is 23.4 Å². The number of hydrogen-bond acceptors (Lipinski definition) is 8. The molecule has 1 aliphatic heterocycles. The molecule has 14 heteroatoms. The van der Waals surface area contributed by atoms with Gasteiger partial charge in [0.05, 0.1) is 37.6 Å². The maximum absolute atomic E-state index is 15.0. The number of nitrogens with one attached hydrogen (secondary N) is 1. The Balaban J connectivity index is 1.45. The highest BCUT2D eigenvalue weighted by Gasteiger charge is 2.51. The third-order valence-corrected chi connectivity index (χ3v) is 6.71. The molecule has 3 aromatic rings. The third kappa shape index (κ3) is 4.62. The second-order valence-corrected chi connectivity index (χ2v) is 10.3. The van der Waals surface area contributed by atoms with E-state index in [0.717, 1.165) is 16.9 Å². The van der Waals surface area contributed by atoms with Crippen LogP contribution in [0.15, 0.2) is 24.7 Å². The maximum atomic E-state index is 15.0. The Hall–Kier alpha value is -3.52. The summed E-state index contributed by atoms with van der Waals surface area (Å²) < 4.78 is 74.1. The van der Waals surface area contributed by atoms with Crippen molar-refractivity contribution in [3.05, 3.63) is 35.8 Å². The summed E-state index contributed by atoms with van der Waals surface area (Å²) in [5.41, 5.74) is 4.04. The smallest absolute Gasteiger partial charge is 0.418 e. The summed E-state index contributed by atoms with van der Waals surface area (Å²) in [5.74, 6) is -2.30. The van der Waals surface area contributed by atoms with E-state index in [1.54, 1.807) is 0 Å². The molecular formula is C24H26F4N6O4. The first kappa shape index (κ1) is 26.1. The van der Waals surface area contributed by atoms with E-state index in [0.29, 0.717) is 13.2 Å². The number of ether oxygens (including phenoxy) is 3. The molecule has 0 radical (unpaired) electrons. The Morgan fingerprint density at radius 1 is 1.21 bits per heavy atom. The number of carbonyl (C=O) groups excluding carboxylic acids is 1. The molecule has 5 rings (SSSR count). The molecule has 1 saturated carbocycles. The fourth-order valence-corrected chi connectivity index (χ4v) is 4.75. The van der Waals surface area contributed by atoms with Crippen LogP contribution in [0.3, 0.4) is 0 Å². The topological polar surface area (TPSA) is 126 Å². The molecule has 3 N–H and O–H groups in total. The van der Waals surface area contributed by atoms with Crippen LogP contribution in [0.25, 0.3) is 16.8 Å². The van der Waals surface area contributed by atoms with Crippen LogP contribution in [-0.2, 0) is 15.7 Å². The van der Waals surface area contributed by atoms with E-state index in [-0.39, 0.29) is 46.8 Å². The van der Waals surface area contributed by atoms with Crippen molar-refractivity contribution in [3.63, 3.8) is 0 Å². The van der Waals surface area contributed by atoms with E-state index >= 15 is 0 Å². The van der Waals surface area contributed by atoms with E-state index in [1.807, 2.05) is 13.8 Å². The molecule has 204 valence electrons. The van der Waals surface area contributed by atoms with Gasteiger partial charge in [-0.3, -0.25) is 4.79 Å². The second-order valence-electron chi connectivity index (χ2n) is 10.3. The lowest BCUT2D eigenvalue weighted by Gasteiger charge is -2.41. The molecule has 2 atom stereocenters. The number of carbonyl (C=O) groups is 1. The van der Waals surface area contributed by atoms with Crippen LogP contribution in [0.5, 0.6) is 5.88 Å². The van der Waals surface area contributed by atoms with Crippen molar-refractivity contribution >= 4 is 17.2 Å². The zero-order chi connectivity index (χ0) is 27.5. The second kappa shape index (κ2) is 9.05. The molecule has 1 saturated heterocycles. The summed E-state index contributed by atoms with van der Waals surface area (Å²) in [6.07, 6.45) is -3.87. The summed E-state index contributed by atoms with van der Waals surface area (Å²) in [4.78, 5) is 21.0. The van der Waals surface area contributed by atoms with Crippen LogP contribution in [-0.4, -0.2) is 63.8 Å². The SMILES string of the molecule is COc1ncc(-c2cc(C(F)(F)F)c3c(N)ncnn23)cc1C(=O)NC1CC2(CC1F)OCC(C)(C)CO2. The van der Waals surface area contributed by atoms with Crippen molar-refractivity contribution in [1.29, 1.82) is 0 Å². The first-order valence-corrected chi connectivity index (χ1v) is 11.8. The lowest BCUT2D eigenvalue weighted by Crippen LogP contribution is -2.47. The standard InChI is InChI=1S/C24H26F4N6O4/c1-22(2)9-37-23(38-10-22)6-15(25)16(7-23)33-20(35)13-4-12(8-30-21(13)36-3)17-5-14(24(26,27)28)18-19(29)31-11-32-34(17)18/h4-5,8,11,15-16H,6-7,9-10H2,1-3H3,(H,33,35)(H2,29,31,32). The van der Waals surface area contributed by atoms with Crippen LogP contribution >= 0.6 is 0 Å². The first-order chi connectivity index (χ1) is 17.8. The molecule has 1 amide bonds. The summed E-state index contributed by atoms with van der Waals surface area (Å²) >= 11 is 0. The number of alkyl halides is 4. The Bertz CT molecular complexity index is 1380. The van der Waals surface area contributed by atoms with Gasteiger partial charge in [-0.15, -0.1) is 0 Å². The molecule has 2 unspecified atom stereocenters. The van der Waals surface area contributed by atoms with Gasteiger partial charge in [-0.1, -0.05) is 13.8 Å². The van der Waals surface area contributed by atoms with Crippen LogP contribution in [0.2, 0.25) is 0 Å². The molecule has 3 aromatic heterocycles. The lowest BCUT2D eigenvalue weighted by molar-refractivity contribution is -0.296. The van der Waals surface area contributed by atoms with E-state index in [9.17, 15) is 22.4 Å². The number of nitrogens with zero attached hydrogens (tertiary/aromatic N) is 4. The van der Waals surface area contributed by atoms with Gasteiger partial charge in [-0.2, -0.15) is 18.3 Å². The van der Waals surface area contributed by atoms with Gasteiger partial charge in [-0.05, 0) is 12.1 Å². The Kier molecular flexibility index (Phi) is 6.21. The fourth-order valence-electron chi connectivity index (χ4n) is 4.75. The summed E-state index contributed by atoms with van der Waals surface area (Å²) in [5, 5.41) is 6.55. The number of fused-ring (bicyclic) bond motifs is 1. The molecule has 38 heavy (non-hydrogen) atoms. The van der Waals surface area contributed by atoms with Crippen molar-refractivity contribution in [1.82, 2.24) is 24.9 Å². The molecule has 0 aromatic carbocycles. The van der Waals surface area contributed by atoms with Gasteiger partial charge in [0.1, 0.15) is 23.6 Å². The molecule has 2 fully saturated rings. The van der Waals surface area contributed by atoms with Gasteiger partial charge in [-0.25, -0.2) is 18.9 Å². The normalized spacial score (nSPS) is 22.6. The number of hydrogen-bond donors (Lipinski definition) is 2. The number of aromatic nitrogens is 4. The number of halogens is 4. The molecule has 1 aliphatic carbocycles. The number of amides is 1. The van der Waals surface area contributed by atoms with Gasteiger partial charge in [0.15, 0.2) is 11.6 Å². The zero-order valence-corrected chi connectivity index (χ0v) is 20.8. The highest BCUT2D eigenvalue weighted by molar-refractivity contribution is 5.98. The fraction of sp³-hybridized carbons (Fsp3) is 0.500. The van der Waals surface area contributed by atoms with E-state index < -0.39 is 41.2 Å². The van der Waals surface area contributed by atoms with Crippen molar-refractivity contribution in [3.8, 4) is 17.1 Å². The van der Waals surface area contributed by atoms with Gasteiger partial charge in [0, 0.05) is 30.0 Å². The molecule has 0 bridgehead atoms. The van der Waals surface area contributed by atoms with Gasteiger partial charge >= 0.3 is 6.18 Å². The van der Waals surface area contributed by atoms with Crippen LogP contribution in [0.1, 0.15) is 42.6 Å². The number of methoxy groups -OCH3 is 1. The zero-order valence-electron chi connectivity index (χ0n) is 20.8. The van der Waals surface area contributed by atoms with Gasteiger partial charge < -0.3 is 25.3 Å². The molecule has 1 spiro atoms. The lowest BCUT2D eigenvalue weighted by atomic mass is 9.94. The number of rotatable bonds is 4. The Morgan fingerprint density at radius 2 is 1.92 bits per heavy atom. The minimum atomic E-state index is -4.74. The van der Waals surface area contributed by atoms with Gasteiger partial charge in [0.25, 0.3) is 5.91 Å². The van der Waals surface area contributed by atoms with E-state index in [2.05, 4.69) is 20.4 Å². The number of anilines is 1. The predicted octanol–water partition coefficient (Wildman–Crippen LogP) is 3.40. The van der Waals surface area contributed by atoms with Crippen LogP contribution in [0, 0.1) is 5.41 Å². The average Bonchev–Trinajstić information content (AvgIpc) is 3.40. The maximum Gasteiger partial charge on any atom is 0.418 e. The van der Waals surface area contributed by atoms with E-state index in [1.165, 1.54) is 19.4 Å². The largest absolute Gasteiger partial charge is 0.480 e. The monoisotopic (exact) mass is 538 g/mol. The molecular weight excluding hydrogens is 512 g/mol. The predicted molar refractivity (Wildman–Crippen MR) is 126 cm³/mol. The number of nitrogen functional groups attached to an aromatic ring is 1. The van der Waals surface area contributed by atoms with E-state index in [4.69, 9.17) is 19.9 Å². The van der Waals surface area contributed by atoms with Crippen molar-refractivity contribution in [2.75, 3.05) is 26.1 Å². The van der Waals surface area contributed by atoms with Crippen molar-refractivity contribution < 1.29 is 36.6 Å². The summed E-state index contributed by atoms with van der Waals surface area (Å²) in [6.45, 7) is 4.72.